The SMILES string of the molecule is OCc1cc(OCCCCC(F)(F)C(F)(F)C(F)(F)C(F)(F)C(F)(F)C(F)(F)C(F)(F)C(F)(F)F)cc(OCCCCC(F)(F)C(F)(F)C(F)(F)C(F)(F)C(F)(F)C(F)(F)C(F)(F)C(F)(F)F)c1. The molecule has 0 saturated carbocycles. The highest BCUT2D eigenvalue weighted by atomic mass is 19.4. The zero-order valence-corrected chi connectivity index (χ0v) is 31.7. The molecule has 0 aliphatic carbocycles. The molecule has 1 aromatic rings. The molecule has 0 aliphatic heterocycles. The molecule has 0 unspecified atom stereocenters. The maximum Gasteiger partial charge on any atom is 0.460 e. The summed E-state index contributed by atoms with van der Waals surface area (Å²) in [5.74, 6) is -117. The summed E-state index contributed by atoms with van der Waals surface area (Å²) in [6.07, 6.45) is -27.2. The third-order valence-electron chi connectivity index (χ3n) is 9.00. The second-order valence-electron chi connectivity index (χ2n) is 13.9. The lowest BCUT2D eigenvalue weighted by Gasteiger charge is -2.42. The number of halogens is 34. The van der Waals surface area contributed by atoms with E-state index < -0.39 is 165 Å². The summed E-state index contributed by atoms with van der Waals surface area (Å²) in [6.45, 7) is -3.31. The summed E-state index contributed by atoms with van der Waals surface area (Å²) in [6, 6.07) is 2.10. The van der Waals surface area contributed by atoms with Crippen molar-refractivity contribution in [2.24, 2.45) is 0 Å². The zero-order valence-electron chi connectivity index (χ0n) is 31.7. The maximum atomic E-state index is 14.1. The molecular formula is C31H22F34O3. The van der Waals surface area contributed by atoms with Crippen LogP contribution in [0.5, 0.6) is 11.5 Å². The molecule has 0 radical (unpaired) electrons. The molecular weight excluding hydrogens is 1070 g/mol. The van der Waals surface area contributed by atoms with Crippen molar-refractivity contribution in [2.45, 2.75) is 140 Å². The molecule has 0 heterocycles. The van der Waals surface area contributed by atoms with Gasteiger partial charge in [0.1, 0.15) is 11.5 Å². The number of benzene rings is 1. The Labute approximate surface area is 353 Å². The van der Waals surface area contributed by atoms with Crippen molar-refractivity contribution >= 4 is 0 Å². The summed E-state index contributed by atoms with van der Waals surface area (Å²) in [5, 5.41) is 9.32. The predicted octanol–water partition coefficient (Wildman–Crippen LogP) is 14.3. The molecule has 0 saturated heterocycles. The lowest BCUT2D eigenvalue weighted by Crippen LogP contribution is -2.74. The zero-order chi connectivity index (χ0) is 54.6. The summed E-state index contributed by atoms with van der Waals surface area (Å²) < 4.78 is 466. The molecule has 0 aliphatic rings. The average Bonchev–Trinajstić information content (AvgIpc) is 3.15. The largest absolute Gasteiger partial charge is 0.493 e. The van der Waals surface area contributed by atoms with Gasteiger partial charge in [-0.3, -0.25) is 0 Å². The van der Waals surface area contributed by atoms with Gasteiger partial charge < -0.3 is 14.6 Å². The average molecular weight is 1090 g/mol. The van der Waals surface area contributed by atoms with Crippen molar-refractivity contribution < 1.29 is 164 Å². The Balaban J connectivity index is 3.07. The minimum Gasteiger partial charge on any atom is -0.493 e. The van der Waals surface area contributed by atoms with Gasteiger partial charge in [-0.15, -0.1) is 0 Å². The molecule has 0 amide bonds. The Bertz CT molecular complexity index is 1720. The first-order valence-electron chi connectivity index (χ1n) is 17.0. The third kappa shape index (κ3) is 9.87. The van der Waals surface area contributed by atoms with E-state index in [1.54, 1.807) is 0 Å². The highest BCUT2D eigenvalue weighted by molar-refractivity contribution is 5.38. The van der Waals surface area contributed by atoms with Crippen LogP contribution in [0.3, 0.4) is 0 Å². The van der Waals surface area contributed by atoms with Gasteiger partial charge in [0, 0.05) is 18.9 Å². The fourth-order valence-electron chi connectivity index (χ4n) is 4.87. The van der Waals surface area contributed by atoms with E-state index in [4.69, 9.17) is 9.47 Å². The number of rotatable bonds is 25. The van der Waals surface area contributed by atoms with Crippen LogP contribution in [0.4, 0.5) is 149 Å². The van der Waals surface area contributed by atoms with Gasteiger partial charge in [0.05, 0.1) is 19.8 Å². The number of aliphatic hydroxyl groups excluding tert-OH is 1. The van der Waals surface area contributed by atoms with Gasteiger partial charge in [-0.05, 0) is 43.4 Å². The van der Waals surface area contributed by atoms with Crippen LogP contribution in [0.25, 0.3) is 0 Å². The van der Waals surface area contributed by atoms with Gasteiger partial charge in [-0.25, -0.2) is 0 Å². The van der Waals surface area contributed by atoms with Gasteiger partial charge in [0.15, 0.2) is 0 Å². The number of alkyl halides is 34. The smallest absolute Gasteiger partial charge is 0.460 e. The summed E-state index contributed by atoms with van der Waals surface area (Å²) in [7, 11) is 0. The Kier molecular flexibility index (Phi) is 17.0. The van der Waals surface area contributed by atoms with Crippen LogP contribution < -0.4 is 9.47 Å². The highest BCUT2D eigenvalue weighted by Gasteiger charge is 2.96. The van der Waals surface area contributed by atoms with Crippen LogP contribution in [0.2, 0.25) is 0 Å². The van der Waals surface area contributed by atoms with Gasteiger partial charge in [0.2, 0.25) is 0 Å². The van der Waals surface area contributed by atoms with Crippen molar-refractivity contribution in [3.63, 3.8) is 0 Å². The highest BCUT2D eigenvalue weighted by Crippen LogP contribution is 2.66. The fourth-order valence-corrected chi connectivity index (χ4v) is 4.87. The molecule has 402 valence electrons. The molecule has 0 atom stereocenters. The van der Waals surface area contributed by atoms with E-state index in [9.17, 15) is 154 Å². The molecule has 1 N–H and O–H groups in total. The maximum absolute atomic E-state index is 14.1. The first-order valence-corrected chi connectivity index (χ1v) is 17.0. The minimum absolute atomic E-state index is 0.369. The molecule has 37 heteroatoms. The predicted molar refractivity (Wildman–Crippen MR) is 152 cm³/mol. The van der Waals surface area contributed by atoms with Crippen molar-refractivity contribution in [2.75, 3.05) is 13.2 Å². The van der Waals surface area contributed by atoms with Gasteiger partial charge >= 0.3 is 95.3 Å². The van der Waals surface area contributed by atoms with Crippen LogP contribution >= 0.6 is 0 Å². The Morgan fingerprint density at radius 3 is 0.735 bits per heavy atom. The topological polar surface area (TPSA) is 38.7 Å². The van der Waals surface area contributed by atoms with E-state index in [1.807, 2.05) is 0 Å². The lowest BCUT2D eigenvalue weighted by atomic mass is 9.88. The Morgan fingerprint density at radius 1 is 0.294 bits per heavy atom. The van der Waals surface area contributed by atoms with Gasteiger partial charge in [-0.2, -0.15) is 149 Å². The van der Waals surface area contributed by atoms with E-state index in [2.05, 4.69) is 0 Å². The number of aliphatic hydroxyl groups is 1. The first kappa shape index (κ1) is 62.4. The van der Waals surface area contributed by atoms with E-state index in [0.717, 1.165) is 12.1 Å². The number of ether oxygens (including phenoxy) is 2. The van der Waals surface area contributed by atoms with Crippen LogP contribution in [-0.2, 0) is 6.61 Å². The van der Waals surface area contributed by atoms with Crippen LogP contribution in [0.15, 0.2) is 18.2 Å². The number of hydrogen-bond acceptors (Lipinski definition) is 3. The van der Waals surface area contributed by atoms with Crippen molar-refractivity contribution in [1.29, 1.82) is 0 Å². The first-order chi connectivity index (χ1) is 29.6. The number of unbranched alkanes of at least 4 members (excludes halogenated alkanes) is 2. The summed E-state index contributed by atoms with van der Waals surface area (Å²) in [4.78, 5) is 0. The second kappa shape index (κ2) is 18.5. The van der Waals surface area contributed by atoms with E-state index in [0.29, 0.717) is 6.07 Å². The lowest BCUT2D eigenvalue weighted by molar-refractivity contribution is -0.461. The van der Waals surface area contributed by atoms with Gasteiger partial charge in [0.25, 0.3) is 0 Å². The molecule has 68 heavy (non-hydrogen) atoms. The van der Waals surface area contributed by atoms with Crippen molar-refractivity contribution in [3.05, 3.63) is 23.8 Å². The molecule has 0 bridgehead atoms. The number of hydrogen-bond donors (Lipinski definition) is 1. The minimum atomic E-state index is -8.85. The normalized spacial score (nSPS) is 15.8. The monoisotopic (exact) mass is 1090 g/mol. The molecule has 1 aromatic carbocycles. The second-order valence-corrected chi connectivity index (χ2v) is 13.9. The van der Waals surface area contributed by atoms with Gasteiger partial charge in [-0.1, -0.05) is 0 Å². The van der Waals surface area contributed by atoms with Crippen LogP contribution in [0, 0.1) is 0 Å². The van der Waals surface area contributed by atoms with E-state index >= 15 is 0 Å². The van der Waals surface area contributed by atoms with Crippen LogP contribution in [0.1, 0.15) is 44.1 Å². The fraction of sp³-hybridized carbons (Fsp3) is 0.806. The summed E-state index contributed by atoms with van der Waals surface area (Å²) >= 11 is 0. The van der Waals surface area contributed by atoms with E-state index in [-0.39, 0.29) is 5.56 Å². The molecule has 0 fully saturated rings. The van der Waals surface area contributed by atoms with Crippen molar-refractivity contribution in [1.82, 2.24) is 0 Å². The Morgan fingerprint density at radius 2 is 0.515 bits per heavy atom. The van der Waals surface area contributed by atoms with Crippen molar-refractivity contribution in [3.8, 4) is 11.5 Å². The molecule has 0 aromatic heterocycles. The Hall–Kier alpha value is -3.60. The molecule has 1 rings (SSSR count). The van der Waals surface area contributed by atoms with E-state index in [1.165, 1.54) is 0 Å². The third-order valence-corrected chi connectivity index (χ3v) is 9.00. The quantitative estimate of drug-likeness (QED) is 0.0783. The molecule has 3 nitrogen and oxygen atoms in total. The standard InChI is InChI=1S/C31H22F34O3/c32-16(33,18(36,37)20(40,41)22(44,45)24(48,49)26(52,53)28(56,57)30(60,61)62)5-1-3-7-67-14-9-13(12-66)10-15(11-14)68-8-4-2-6-17(34,35)19(38,39)21(42,43)23(46,47)25(50,51)27(54,55)29(58,59)31(63,64)65/h9-11,66H,1-8,12H2. The van der Waals surface area contributed by atoms with Crippen LogP contribution in [-0.4, -0.2) is 114 Å². The molecule has 0 spiro atoms. The summed E-state index contributed by atoms with van der Waals surface area (Å²) in [5.41, 5.74) is -0.369.